The molecule has 0 spiro atoms. The third kappa shape index (κ3) is 3.40. The lowest BCUT2D eigenvalue weighted by Crippen LogP contribution is -2.53. The van der Waals surface area contributed by atoms with Gasteiger partial charge in [0.1, 0.15) is 10.6 Å². The fraction of sp³-hybridized carbons (Fsp3) is 0.238. The Morgan fingerprint density at radius 3 is 2.83 bits per heavy atom. The lowest BCUT2D eigenvalue weighted by Gasteiger charge is -2.27. The summed E-state index contributed by atoms with van der Waals surface area (Å²) in [5.74, 6) is -2.06. The number of rotatable bonds is 5. The molecule has 2 aromatic heterocycles. The van der Waals surface area contributed by atoms with Gasteiger partial charge >= 0.3 is 5.97 Å². The van der Waals surface area contributed by atoms with Crippen LogP contribution in [0, 0.1) is 0 Å². The van der Waals surface area contributed by atoms with Gasteiger partial charge in [0.25, 0.3) is 11.8 Å². The molecule has 154 valence electrons. The number of carboxylic acid groups (broad SMARTS) is 1. The molecule has 3 heterocycles. The van der Waals surface area contributed by atoms with Crippen molar-refractivity contribution in [1.82, 2.24) is 14.8 Å². The number of carbonyl (C=O) groups excluding carboxylic acids is 2. The molecule has 0 unspecified atom stereocenters. The van der Waals surface area contributed by atoms with E-state index >= 15 is 0 Å². The number of hydrogen-bond donors (Lipinski definition) is 2. The van der Waals surface area contributed by atoms with Crippen LogP contribution in [-0.2, 0) is 22.4 Å². The number of nitrogens with zero attached hydrogens (tertiary/aromatic N) is 2. The van der Waals surface area contributed by atoms with Crippen molar-refractivity contribution >= 4 is 52.5 Å². The summed E-state index contributed by atoms with van der Waals surface area (Å²) in [6.07, 6.45) is 8.37. The molecule has 1 aliphatic heterocycles. The van der Waals surface area contributed by atoms with Gasteiger partial charge in [0.2, 0.25) is 0 Å². The molecule has 1 saturated heterocycles. The third-order valence-corrected chi connectivity index (χ3v) is 6.77. The number of carbonyl (C=O) groups is 3. The second kappa shape index (κ2) is 8.00. The highest BCUT2D eigenvalue weighted by Crippen LogP contribution is 2.37. The monoisotopic (exact) mass is 441 g/mol. The van der Waals surface area contributed by atoms with Crippen molar-refractivity contribution in [1.29, 1.82) is 0 Å². The Kier molecular flexibility index (Phi) is 5.40. The average molecular weight is 442 g/mol. The Balaban J connectivity index is 1.80. The molecule has 1 fully saturated rings. The fourth-order valence-electron chi connectivity index (χ4n) is 3.78. The summed E-state index contributed by atoms with van der Waals surface area (Å²) >= 11 is 6.53. The van der Waals surface area contributed by atoms with E-state index in [4.69, 9.17) is 12.2 Å². The van der Waals surface area contributed by atoms with Gasteiger partial charge in [0, 0.05) is 23.3 Å². The number of hydrogen-bond acceptors (Lipinski definition) is 5. The molecule has 1 aliphatic carbocycles. The summed E-state index contributed by atoms with van der Waals surface area (Å²) in [4.78, 5) is 39.6. The van der Waals surface area contributed by atoms with Gasteiger partial charge in [-0.1, -0.05) is 6.08 Å². The van der Waals surface area contributed by atoms with Crippen molar-refractivity contribution in [2.24, 2.45) is 0 Å². The van der Waals surface area contributed by atoms with Gasteiger partial charge in [0.15, 0.2) is 5.11 Å². The van der Waals surface area contributed by atoms with Crippen LogP contribution in [0.3, 0.4) is 0 Å². The van der Waals surface area contributed by atoms with Crippen LogP contribution in [0.15, 0.2) is 36.6 Å². The Morgan fingerprint density at radius 1 is 1.33 bits per heavy atom. The lowest BCUT2D eigenvalue weighted by atomic mass is 9.95. The molecule has 2 aliphatic rings. The van der Waals surface area contributed by atoms with E-state index in [1.165, 1.54) is 28.4 Å². The fourth-order valence-corrected chi connectivity index (χ4v) is 5.41. The van der Waals surface area contributed by atoms with Crippen LogP contribution in [0.4, 0.5) is 0 Å². The molecular weight excluding hydrogens is 422 g/mol. The van der Waals surface area contributed by atoms with Crippen molar-refractivity contribution < 1.29 is 19.5 Å². The maximum Gasteiger partial charge on any atom is 0.339 e. The summed E-state index contributed by atoms with van der Waals surface area (Å²) in [5.41, 5.74) is 1.68. The Morgan fingerprint density at radius 2 is 2.10 bits per heavy atom. The van der Waals surface area contributed by atoms with E-state index in [-0.39, 0.29) is 17.2 Å². The number of amides is 2. The molecule has 2 aromatic rings. The quantitative estimate of drug-likeness (QED) is 0.322. The highest BCUT2D eigenvalue weighted by Gasteiger charge is 2.33. The molecule has 2 N–H and O–H groups in total. The number of thiophene rings is 1. The number of carboxylic acids is 1. The van der Waals surface area contributed by atoms with E-state index in [1.54, 1.807) is 22.9 Å². The summed E-state index contributed by atoms with van der Waals surface area (Å²) in [7, 11) is 0. The minimum absolute atomic E-state index is 0.0385. The molecule has 4 rings (SSSR count). The average Bonchev–Trinajstić information content (AvgIpc) is 3.32. The van der Waals surface area contributed by atoms with E-state index in [1.807, 2.05) is 0 Å². The number of fused-ring (bicyclic) bond motifs is 1. The number of thiocarbonyl (C=S) groups is 1. The molecule has 2 amide bonds. The molecule has 7 nitrogen and oxygen atoms in total. The smallest absolute Gasteiger partial charge is 0.339 e. The maximum atomic E-state index is 12.8. The Labute approximate surface area is 182 Å². The van der Waals surface area contributed by atoms with Crippen molar-refractivity contribution in [3.8, 4) is 5.00 Å². The van der Waals surface area contributed by atoms with Gasteiger partial charge in [-0.05, 0) is 61.7 Å². The predicted molar refractivity (Wildman–Crippen MR) is 118 cm³/mol. The molecule has 0 aromatic carbocycles. The largest absolute Gasteiger partial charge is 0.478 e. The first-order valence-corrected chi connectivity index (χ1v) is 10.7. The van der Waals surface area contributed by atoms with Gasteiger partial charge in [0.05, 0.1) is 5.56 Å². The molecule has 0 radical (unpaired) electrons. The van der Waals surface area contributed by atoms with Crippen molar-refractivity contribution in [3.05, 3.63) is 58.3 Å². The zero-order valence-corrected chi connectivity index (χ0v) is 17.6. The van der Waals surface area contributed by atoms with Crippen LogP contribution in [0.1, 0.15) is 39.3 Å². The van der Waals surface area contributed by atoms with E-state index < -0.39 is 17.8 Å². The van der Waals surface area contributed by atoms with Crippen molar-refractivity contribution in [2.45, 2.75) is 25.7 Å². The first kappa shape index (κ1) is 20.2. The standard InChI is InChI=1S/C21H19N3O4S2/c1-2-9-24-18(26)14(17(25)22-21(24)29)11-12-6-5-10-23(12)19-16(20(27)28)13-7-3-4-8-15(13)30-19/h2,5-6,10-11H,1,3-4,7-9H2,(H,27,28)(H,22,25,29)/b14-11-. The number of aromatic carboxylic acids is 1. The van der Waals surface area contributed by atoms with E-state index in [0.717, 1.165) is 36.1 Å². The third-order valence-electron chi connectivity index (χ3n) is 5.16. The number of aromatic nitrogens is 1. The minimum atomic E-state index is -0.967. The van der Waals surface area contributed by atoms with Gasteiger partial charge < -0.3 is 9.67 Å². The highest BCUT2D eigenvalue weighted by molar-refractivity contribution is 7.80. The van der Waals surface area contributed by atoms with E-state index in [2.05, 4.69) is 11.9 Å². The second-order valence-electron chi connectivity index (χ2n) is 7.02. The maximum absolute atomic E-state index is 12.8. The second-order valence-corrected chi connectivity index (χ2v) is 8.49. The van der Waals surface area contributed by atoms with Crippen LogP contribution in [-0.4, -0.2) is 44.0 Å². The van der Waals surface area contributed by atoms with Crippen LogP contribution in [0.25, 0.3) is 11.1 Å². The molecule has 0 atom stereocenters. The van der Waals surface area contributed by atoms with Gasteiger partial charge in [-0.15, -0.1) is 17.9 Å². The summed E-state index contributed by atoms with van der Waals surface area (Å²) in [6.45, 7) is 3.79. The zero-order valence-electron chi connectivity index (χ0n) is 16.0. The highest BCUT2D eigenvalue weighted by atomic mass is 32.1. The lowest BCUT2D eigenvalue weighted by molar-refractivity contribution is -0.128. The Bertz CT molecular complexity index is 1130. The van der Waals surface area contributed by atoms with Crippen LogP contribution in [0.2, 0.25) is 0 Å². The minimum Gasteiger partial charge on any atom is -0.478 e. The van der Waals surface area contributed by atoms with Crippen molar-refractivity contribution in [3.63, 3.8) is 0 Å². The summed E-state index contributed by atoms with van der Waals surface area (Å²) < 4.78 is 1.73. The predicted octanol–water partition coefficient (Wildman–Crippen LogP) is 2.93. The van der Waals surface area contributed by atoms with Crippen LogP contribution >= 0.6 is 23.6 Å². The number of nitrogens with one attached hydrogen (secondary N) is 1. The molecule has 0 bridgehead atoms. The van der Waals surface area contributed by atoms with E-state index in [9.17, 15) is 19.5 Å². The van der Waals surface area contributed by atoms with Gasteiger partial charge in [-0.25, -0.2) is 4.79 Å². The Hall–Kier alpha value is -3.04. The first-order valence-electron chi connectivity index (χ1n) is 9.47. The van der Waals surface area contributed by atoms with Crippen LogP contribution < -0.4 is 5.32 Å². The molecule has 30 heavy (non-hydrogen) atoms. The zero-order chi connectivity index (χ0) is 21.4. The molecule has 0 saturated carbocycles. The van der Waals surface area contributed by atoms with E-state index in [0.29, 0.717) is 16.3 Å². The van der Waals surface area contributed by atoms with Crippen molar-refractivity contribution in [2.75, 3.05) is 6.54 Å². The first-order chi connectivity index (χ1) is 14.4. The summed E-state index contributed by atoms with van der Waals surface area (Å²) in [5, 5.41) is 13.0. The van der Waals surface area contributed by atoms with Gasteiger partial charge in [-0.3, -0.25) is 19.8 Å². The van der Waals surface area contributed by atoms with Gasteiger partial charge in [-0.2, -0.15) is 0 Å². The summed E-state index contributed by atoms with van der Waals surface area (Å²) in [6, 6.07) is 3.50. The normalized spacial score (nSPS) is 17.8. The topological polar surface area (TPSA) is 91.6 Å². The SMILES string of the molecule is C=CCN1C(=O)/C(=C\c2cccn2-c2sc3c(c2C(=O)O)CCCC3)C(=O)NC1=S. The van der Waals surface area contributed by atoms with Crippen LogP contribution in [0.5, 0.6) is 0 Å². The number of aryl methyl sites for hydroxylation is 1. The molecular formula is C21H19N3O4S2. The molecule has 9 heteroatoms.